The second-order valence-electron chi connectivity index (χ2n) is 7.15. The Bertz CT molecular complexity index is 762. The van der Waals surface area contributed by atoms with Crippen LogP contribution in [0.3, 0.4) is 0 Å². The van der Waals surface area contributed by atoms with Gasteiger partial charge in [0.1, 0.15) is 11.8 Å². The van der Waals surface area contributed by atoms with Crippen molar-refractivity contribution >= 4 is 10.9 Å². The number of aromatic nitrogens is 1. The first-order valence-corrected chi connectivity index (χ1v) is 8.81. The van der Waals surface area contributed by atoms with Gasteiger partial charge in [-0.1, -0.05) is 6.08 Å². The van der Waals surface area contributed by atoms with E-state index in [4.69, 9.17) is 4.74 Å². The van der Waals surface area contributed by atoms with Gasteiger partial charge in [-0.05, 0) is 18.1 Å². The molecule has 1 unspecified atom stereocenters. The summed E-state index contributed by atoms with van der Waals surface area (Å²) in [5.41, 5.74) is 1.73. The average Bonchev–Trinajstić information content (AvgIpc) is 2.66. The van der Waals surface area contributed by atoms with E-state index in [9.17, 15) is 0 Å². The average molecular weight is 328 g/mol. The van der Waals surface area contributed by atoms with Crippen LogP contribution in [0.25, 0.3) is 10.9 Å². The summed E-state index contributed by atoms with van der Waals surface area (Å²) in [6.07, 6.45) is 5.13. The van der Waals surface area contributed by atoms with Gasteiger partial charge in [0, 0.05) is 36.5 Å². The number of halogens is 1. The molecule has 2 N–H and O–H groups in total. The van der Waals surface area contributed by atoms with Crippen molar-refractivity contribution in [1.82, 2.24) is 0 Å². The maximum atomic E-state index is 15.6. The molecule has 2 bridgehead atoms. The summed E-state index contributed by atoms with van der Waals surface area (Å²) < 4.78 is 20.9. The summed E-state index contributed by atoms with van der Waals surface area (Å²) in [4.78, 5) is 4.61. The highest BCUT2D eigenvalue weighted by Crippen LogP contribution is 2.36. The van der Waals surface area contributed by atoms with E-state index in [1.807, 2.05) is 30.5 Å². The molecule has 4 heterocycles. The van der Waals surface area contributed by atoms with E-state index in [0.717, 1.165) is 41.7 Å². The van der Waals surface area contributed by atoms with Gasteiger partial charge in [0.15, 0.2) is 12.4 Å². The SMILES string of the molecule is C=C[C@H]1C[NH+]2CC[C@H]1C[C@@H]2[C@@H](F)c1cc[nH+]c2ccc(OC)cc12. The standard InChI is InChI=1S/C20H23FN2O/c1-3-13-12-23-9-7-14(13)10-19(23)20(21)16-6-8-22-18-5-4-15(24-2)11-17(16)18/h3-6,8,11,13-14,19-20H,1,7,9-10,12H2,2H3/p+2/t13-,14-,19+,20-/m0/s1. The summed E-state index contributed by atoms with van der Waals surface area (Å²) in [5, 5.41) is 0.923. The fraction of sp³-hybridized carbons (Fsp3) is 0.450. The van der Waals surface area contributed by atoms with Crippen LogP contribution < -0.4 is 14.6 Å². The lowest BCUT2D eigenvalue weighted by molar-refractivity contribution is -0.949. The van der Waals surface area contributed by atoms with Gasteiger partial charge in [-0.15, -0.1) is 6.58 Å². The number of rotatable bonds is 4. The van der Waals surface area contributed by atoms with Crippen molar-refractivity contribution < 1.29 is 19.0 Å². The molecule has 24 heavy (non-hydrogen) atoms. The van der Waals surface area contributed by atoms with Crippen molar-refractivity contribution in [3.8, 4) is 5.75 Å². The Kier molecular flexibility index (Phi) is 4.01. The molecular weight excluding hydrogens is 303 g/mol. The molecule has 3 aliphatic rings. The maximum Gasteiger partial charge on any atom is 0.211 e. The molecule has 5 atom stereocenters. The molecule has 4 heteroatoms. The van der Waals surface area contributed by atoms with Gasteiger partial charge < -0.3 is 9.64 Å². The smallest absolute Gasteiger partial charge is 0.211 e. The Morgan fingerprint density at radius 1 is 1.42 bits per heavy atom. The first kappa shape index (κ1) is 15.6. The molecule has 0 saturated carbocycles. The van der Waals surface area contributed by atoms with Crippen molar-refractivity contribution in [1.29, 1.82) is 0 Å². The third-order valence-corrected chi connectivity index (χ3v) is 6.01. The number of piperidine rings is 3. The minimum absolute atomic E-state index is 0.0525. The normalized spacial score (nSPS) is 30.2. The highest BCUT2D eigenvalue weighted by atomic mass is 19.1. The molecule has 3 saturated heterocycles. The molecule has 0 amide bonds. The van der Waals surface area contributed by atoms with Crippen molar-refractivity contribution in [2.75, 3.05) is 20.2 Å². The second-order valence-corrected chi connectivity index (χ2v) is 7.15. The first-order chi connectivity index (χ1) is 11.7. The maximum absolute atomic E-state index is 15.6. The van der Waals surface area contributed by atoms with E-state index in [1.54, 1.807) is 7.11 Å². The van der Waals surface area contributed by atoms with E-state index in [-0.39, 0.29) is 6.04 Å². The quantitative estimate of drug-likeness (QED) is 0.856. The summed E-state index contributed by atoms with van der Waals surface area (Å²) >= 11 is 0. The van der Waals surface area contributed by atoms with Crippen LogP contribution in [0, 0.1) is 11.8 Å². The van der Waals surface area contributed by atoms with Gasteiger partial charge in [0.25, 0.3) is 0 Å². The zero-order valence-corrected chi connectivity index (χ0v) is 14.1. The van der Waals surface area contributed by atoms with Crippen LogP contribution >= 0.6 is 0 Å². The summed E-state index contributed by atoms with van der Waals surface area (Å²) in [6.45, 7) is 6.08. The number of hydrogen-bond donors (Lipinski definition) is 1. The largest absolute Gasteiger partial charge is 0.497 e. The predicted octanol–water partition coefficient (Wildman–Crippen LogP) is 2.15. The van der Waals surface area contributed by atoms with Gasteiger partial charge >= 0.3 is 0 Å². The van der Waals surface area contributed by atoms with Gasteiger partial charge in [-0.25, -0.2) is 9.37 Å². The number of ether oxygens (including phenoxy) is 1. The molecule has 0 spiro atoms. The van der Waals surface area contributed by atoms with Crippen LogP contribution in [-0.2, 0) is 0 Å². The lowest BCUT2D eigenvalue weighted by Gasteiger charge is -2.47. The van der Waals surface area contributed by atoms with Crippen LogP contribution in [0.4, 0.5) is 4.39 Å². The lowest BCUT2D eigenvalue weighted by Crippen LogP contribution is -3.19. The Morgan fingerprint density at radius 2 is 2.29 bits per heavy atom. The molecule has 3 nitrogen and oxygen atoms in total. The van der Waals surface area contributed by atoms with Crippen molar-refractivity contribution in [3.63, 3.8) is 0 Å². The number of methoxy groups -OCH3 is 1. The molecular formula is C20H25FN2O+2. The molecule has 5 rings (SSSR count). The number of nitrogens with one attached hydrogen (secondary N) is 2. The van der Waals surface area contributed by atoms with Gasteiger partial charge in [-0.2, -0.15) is 0 Å². The number of aromatic amines is 1. The van der Waals surface area contributed by atoms with E-state index < -0.39 is 6.17 Å². The number of H-pyrrole nitrogens is 1. The highest BCUT2D eigenvalue weighted by Gasteiger charge is 2.46. The van der Waals surface area contributed by atoms with Crippen molar-refractivity contribution in [3.05, 3.63) is 48.7 Å². The fourth-order valence-electron chi connectivity index (χ4n) is 4.66. The van der Waals surface area contributed by atoms with E-state index >= 15 is 4.39 Å². The topological polar surface area (TPSA) is 27.8 Å². The minimum atomic E-state index is -0.947. The summed E-state index contributed by atoms with van der Waals surface area (Å²) in [7, 11) is 1.64. The highest BCUT2D eigenvalue weighted by molar-refractivity contribution is 5.81. The number of fused-ring (bicyclic) bond motifs is 4. The molecule has 2 aromatic rings. The number of alkyl halides is 1. The van der Waals surface area contributed by atoms with Crippen LogP contribution in [0.5, 0.6) is 5.75 Å². The third-order valence-electron chi connectivity index (χ3n) is 6.01. The molecule has 3 fully saturated rings. The fourth-order valence-corrected chi connectivity index (χ4v) is 4.66. The van der Waals surface area contributed by atoms with E-state index in [1.165, 1.54) is 11.3 Å². The Labute approximate surface area is 142 Å². The molecule has 126 valence electrons. The number of pyridine rings is 1. The Morgan fingerprint density at radius 3 is 3.00 bits per heavy atom. The molecule has 1 aromatic carbocycles. The third kappa shape index (κ3) is 2.49. The minimum Gasteiger partial charge on any atom is -0.497 e. The van der Waals surface area contributed by atoms with E-state index in [2.05, 4.69) is 17.6 Å². The second kappa shape index (κ2) is 6.17. The zero-order chi connectivity index (χ0) is 16.7. The monoisotopic (exact) mass is 328 g/mol. The van der Waals surface area contributed by atoms with Crippen LogP contribution in [0.15, 0.2) is 43.1 Å². The van der Waals surface area contributed by atoms with Gasteiger partial charge in [-0.3, -0.25) is 0 Å². The number of quaternary nitrogens is 1. The van der Waals surface area contributed by atoms with Gasteiger partial charge in [0.05, 0.1) is 25.6 Å². The molecule has 3 aliphatic heterocycles. The summed E-state index contributed by atoms with van der Waals surface area (Å²) in [6, 6.07) is 7.74. The van der Waals surface area contributed by atoms with Crippen molar-refractivity contribution in [2.45, 2.75) is 25.1 Å². The zero-order valence-electron chi connectivity index (χ0n) is 14.1. The number of hydrogen-bond acceptors (Lipinski definition) is 1. The Balaban J connectivity index is 1.69. The van der Waals surface area contributed by atoms with Crippen LogP contribution in [0.1, 0.15) is 24.6 Å². The number of benzene rings is 1. The Hall–Kier alpha value is -1.94. The van der Waals surface area contributed by atoms with Crippen LogP contribution in [-0.4, -0.2) is 26.2 Å². The molecule has 0 aliphatic carbocycles. The lowest BCUT2D eigenvalue weighted by atomic mass is 9.74. The predicted molar refractivity (Wildman–Crippen MR) is 91.8 cm³/mol. The van der Waals surface area contributed by atoms with Gasteiger partial charge in [0.2, 0.25) is 5.52 Å². The molecule has 1 aromatic heterocycles. The first-order valence-electron chi connectivity index (χ1n) is 8.81. The van der Waals surface area contributed by atoms with E-state index in [0.29, 0.717) is 11.8 Å². The van der Waals surface area contributed by atoms with Crippen molar-refractivity contribution in [2.24, 2.45) is 11.8 Å². The molecule has 0 radical (unpaired) electrons. The van der Waals surface area contributed by atoms with Crippen LogP contribution in [0.2, 0.25) is 0 Å². The summed E-state index contributed by atoms with van der Waals surface area (Å²) in [5.74, 6) is 1.91.